The number of H-pyrrole nitrogens is 3. The van der Waals surface area contributed by atoms with Crippen LogP contribution in [-0.4, -0.2) is 38.7 Å². The number of aromatic nitrogens is 6. The molecule has 0 aliphatic carbocycles. The first-order chi connectivity index (χ1) is 13.8. The molecular weight excluding hydrogens is 364 g/mol. The summed E-state index contributed by atoms with van der Waals surface area (Å²) in [5, 5.41) is 0. The predicted molar refractivity (Wildman–Crippen MR) is 113 cm³/mol. The average Bonchev–Trinajstić information content (AvgIpc) is 3.44. The highest BCUT2D eigenvalue weighted by Gasteiger charge is 2.30. The van der Waals surface area contributed by atoms with Crippen molar-refractivity contribution in [1.29, 1.82) is 0 Å². The van der Waals surface area contributed by atoms with Gasteiger partial charge in [-0.1, -0.05) is 36.4 Å². The Hall–Kier alpha value is -3.71. The molecule has 0 aliphatic heterocycles. The Balaban J connectivity index is 1.60. The molecule has 28 heavy (non-hydrogen) atoms. The zero-order valence-electron chi connectivity index (χ0n) is 14.8. The van der Waals surface area contributed by atoms with Gasteiger partial charge in [-0.3, -0.25) is 0 Å². The highest BCUT2D eigenvalue weighted by atomic mass is 28.3. The Kier molecular flexibility index (Phi) is 3.23. The number of para-hydroxylation sites is 6. The first-order valence-electron chi connectivity index (χ1n) is 9.07. The van der Waals surface area contributed by atoms with Gasteiger partial charge in [-0.2, -0.15) is 0 Å². The molecule has 0 amide bonds. The number of hydrogen-bond acceptors (Lipinski definition) is 3. The second-order valence-corrected chi connectivity index (χ2v) is 8.85. The number of benzene rings is 3. The number of fused-ring (bicyclic) bond motifs is 3. The van der Waals surface area contributed by atoms with Gasteiger partial charge in [-0.25, -0.2) is 15.0 Å². The summed E-state index contributed by atoms with van der Waals surface area (Å²) in [5.41, 5.74) is 8.64. The molecule has 0 saturated carbocycles. The summed E-state index contributed by atoms with van der Waals surface area (Å²) < 4.78 is 0. The minimum absolute atomic E-state index is 0.907. The van der Waals surface area contributed by atoms with Crippen LogP contribution in [0.25, 0.3) is 33.1 Å². The maximum atomic E-state index is 4.88. The van der Waals surface area contributed by atoms with Crippen molar-refractivity contribution in [1.82, 2.24) is 29.9 Å². The molecular formula is C21H15N6Si. The third-order valence-electron chi connectivity index (χ3n) is 4.88. The van der Waals surface area contributed by atoms with Crippen LogP contribution >= 0.6 is 0 Å². The molecule has 3 aromatic heterocycles. The lowest BCUT2D eigenvalue weighted by molar-refractivity contribution is 1.35. The quantitative estimate of drug-likeness (QED) is 0.410. The van der Waals surface area contributed by atoms with Gasteiger partial charge in [0, 0.05) is 0 Å². The Labute approximate surface area is 161 Å². The lowest BCUT2D eigenvalue weighted by Gasteiger charge is -2.06. The molecule has 1 radical (unpaired) electrons. The Bertz CT molecular complexity index is 1170. The molecule has 3 aromatic carbocycles. The van der Waals surface area contributed by atoms with Gasteiger partial charge in [0.1, 0.15) is 16.3 Å². The van der Waals surface area contributed by atoms with Gasteiger partial charge in [0.2, 0.25) is 0 Å². The standard InChI is InChI=1S/C21H15N6Si/c1-2-8-14-13(7-1)22-19(23-14)28(20-24-15-9-3-4-10-16(15)25-20)21-26-17-11-5-6-12-18(17)27-21/h1-12H,(H,22,23)(H,24,25)(H,26,27). The van der Waals surface area contributed by atoms with E-state index in [2.05, 4.69) is 15.0 Å². The van der Waals surface area contributed by atoms with Crippen molar-refractivity contribution < 1.29 is 0 Å². The van der Waals surface area contributed by atoms with E-state index in [1.807, 2.05) is 72.8 Å². The summed E-state index contributed by atoms with van der Waals surface area (Å²) in [6.45, 7) is 0. The topological polar surface area (TPSA) is 86.0 Å². The smallest absolute Gasteiger partial charge is 0.292 e. The number of nitrogens with zero attached hydrogens (tertiary/aromatic N) is 3. The number of imidazole rings is 3. The second-order valence-electron chi connectivity index (χ2n) is 6.68. The van der Waals surface area contributed by atoms with Crippen LogP contribution in [0.2, 0.25) is 0 Å². The van der Waals surface area contributed by atoms with E-state index in [9.17, 15) is 0 Å². The van der Waals surface area contributed by atoms with Gasteiger partial charge >= 0.3 is 0 Å². The zero-order chi connectivity index (χ0) is 18.5. The molecule has 6 aromatic rings. The molecule has 7 heteroatoms. The Morgan fingerprint density at radius 2 is 0.786 bits per heavy atom. The van der Waals surface area contributed by atoms with Crippen LogP contribution in [0.1, 0.15) is 0 Å². The molecule has 6 rings (SSSR count). The van der Waals surface area contributed by atoms with Crippen molar-refractivity contribution in [2.75, 3.05) is 0 Å². The monoisotopic (exact) mass is 379 g/mol. The van der Waals surface area contributed by atoms with E-state index in [-0.39, 0.29) is 0 Å². The lowest BCUT2D eigenvalue weighted by Crippen LogP contribution is -2.57. The normalized spacial score (nSPS) is 11.9. The molecule has 6 nitrogen and oxygen atoms in total. The number of rotatable bonds is 3. The molecule has 0 spiro atoms. The molecule has 3 N–H and O–H groups in total. The van der Waals surface area contributed by atoms with Gasteiger partial charge in [-0.15, -0.1) is 0 Å². The van der Waals surface area contributed by atoms with Gasteiger partial charge in [0.05, 0.1) is 33.1 Å². The largest absolute Gasteiger partial charge is 0.345 e. The van der Waals surface area contributed by atoms with Crippen molar-refractivity contribution in [3.8, 4) is 0 Å². The van der Waals surface area contributed by atoms with Gasteiger partial charge in [0.15, 0.2) is 0 Å². The molecule has 0 saturated heterocycles. The summed E-state index contributed by atoms with van der Waals surface area (Å²) in [6.07, 6.45) is 0. The molecule has 0 atom stereocenters. The summed E-state index contributed by atoms with van der Waals surface area (Å²) in [4.78, 5) is 25.1. The number of hydrogen-bond donors (Lipinski definition) is 3. The Morgan fingerprint density at radius 1 is 0.464 bits per heavy atom. The highest BCUT2D eigenvalue weighted by Crippen LogP contribution is 2.10. The van der Waals surface area contributed by atoms with E-state index < -0.39 is 8.80 Å². The van der Waals surface area contributed by atoms with Crippen LogP contribution in [0, 0.1) is 0 Å². The first kappa shape index (κ1) is 15.4. The fourth-order valence-corrected chi connectivity index (χ4v) is 5.70. The average molecular weight is 379 g/mol. The SMILES string of the molecule is c1ccc2[nH]c([Si](c3nc4ccccc4[nH]3)c3nc4ccccc4[nH]3)nc2c1. The van der Waals surface area contributed by atoms with Crippen molar-refractivity contribution in [2.24, 2.45) is 0 Å². The Morgan fingerprint density at radius 3 is 1.11 bits per heavy atom. The predicted octanol–water partition coefficient (Wildman–Crippen LogP) is 1.83. The van der Waals surface area contributed by atoms with Gasteiger partial charge in [0.25, 0.3) is 8.80 Å². The van der Waals surface area contributed by atoms with E-state index in [4.69, 9.17) is 15.0 Å². The highest BCUT2D eigenvalue weighted by molar-refractivity contribution is 6.92. The van der Waals surface area contributed by atoms with Crippen molar-refractivity contribution in [2.45, 2.75) is 0 Å². The molecule has 133 valence electrons. The van der Waals surface area contributed by atoms with Crippen molar-refractivity contribution in [3.05, 3.63) is 72.8 Å². The summed E-state index contributed by atoms with van der Waals surface area (Å²) >= 11 is 0. The molecule has 0 fully saturated rings. The van der Waals surface area contributed by atoms with Crippen LogP contribution in [0.5, 0.6) is 0 Å². The van der Waals surface area contributed by atoms with E-state index in [1.165, 1.54) is 0 Å². The fraction of sp³-hybridized carbons (Fsp3) is 0. The molecule has 3 heterocycles. The van der Waals surface area contributed by atoms with Crippen molar-refractivity contribution >= 4 is 58.2 Å². The maximum Gasteiger partial charge on any atom is 0.292 e. The third-order valence-corrected chi connectivity index (χ3v) is 7.01. The van der Waals surface area contributed by atoms with Gasteiger partial charge < -0.3 is 15.0 Å². The fourth-order valence-electron chi connectivity index (χ4n) is 3.55. The van der Waals surface area contributed by atoms with Gasteiger partial charge in [-0.05, 0) is 36.4 Å². The van der Waals surface area contributed by atoms with E-state index in [0.717, 1.165) is 49.4 Å². The molecule has 0 unspecified atom stereocenters. The van der Waals surface area contributed by atoms with Crippen molar-refractivity contribution in [3.63, 3.8) is 0 Å². The van der Waals surface area contributed by atoms with E-state index >= 15 is 0 Å². The first-order valence-corrected chi connectivity index (χ1v) is 10.6. The van der Waals surface area contributed by atoms with E-state index in [0.29, 0.717) is 0 Å². The minimum atomic E-state index is -1.56. The van der Waals surface area contributed by atoms with Crippen LogP contribution in [-0.2, 0) is 0 Å². The zero-order valence-corrected chi connectivity index (χ0v) is 15.8. The summed E-state index contributed by atoms with van der Waals surface area (Å²) in [6, 6.07) is 24.2. The molecule has 0 aliphatic rings. The number of aromatic amines is 3. The van der Waals surface area contributed by atoms with Crippen LogP contribution in [0.15, 0.2) is 72.8 Å². The maximum absolute atomic E-state index is 4.88. The molecule has 0 bridgehead atoms. The van der Waals surface area contributed by atoms with E-state index in [1.54, 1.807) is 0 Å². The second kappa shape index (κ2) is 5.90. The van der Waals surface area contributed by atoms with Crippen LogP contribution < -0.4 is 16.3 Å². The third kappa shape index (κ3) is 2.37. The lowest BCUT2D eigenvalue weighted by atomic mass is 10.3. The summed E-state index contributed by atoms with van der Waals surface area (Å²) in [7, 11) is -1.56. The summed E-state index contributed by atoms with van der Waals surface area (Å²) in [5.74, 6) is 0. The van der Waals surface area contributed by atoms with Crippen LogP contribution in [0.3, 0.4) is 0 Å². The van der Waals surface area contributed by atoms with Crippen LogP contribution in [0.4, 0.5) is 0 Å². The minimum Gasteiger partial charge on any atom is -0.345 e. The number of nitrogens with one attached hydrogen (secondary N) is 3.